The number of ether oxygens (including phenoxy) is 1. The lowest BCUT2D eigenvalue weighted by atomic mass is 10.4. The van der Waals surface area contributed by atoms with E-state index in [1.807, 2.05) is 0 Å². The molecule has 0 unspecified atom stereocenters. The Morgan fingerprint density at radius 3 is 2.81 bits per heavy atom. The van der Waals surface area contributed by atoms with E-state index in [1.165, 1.54) is 29.6 Å². The van der Waals surface area contributed by atoms with E-state index in [4.69, 9.17) is 9.84 Å². The van der Waals surface area contributed by atoms with Gasteiger partial charge in [-0.15, -0.1) is 11.3 Å². The van der Waals surface area contributed by atoms with Gasteiger partial charge in [-0.1, -0.05) is 0 Å². The van der Waals surface area contributed by atoms with Crippen molar-refractivity contribution in [3.8, 4) is 0 Å². The van der Waals surface area contributed by atoms with E-state index in [-0.39, 0.29) is 11.7 Å². The first-order chi connectivity index (χ1) is 10.1. The van der Waals surface area contributed by atoms with Crippen LogP contribution in [-0.2, 0) is 11.2 Å². The monoisotopic (exact) mass is 313 g/mol. The van der Waals surface area contributed by atoms with E-state index < -0.39 is 5.97 Å². The fraction of sp³-hybridized carbons (Fsp3) is 0.615. The molecule has 21 heavy (non-hydrogen) atoms. The van der Waals surface area contributed by atoms with Gasteiger partial charge < -0.3 is 20.5 Å². The minimum absolute atomic E-state index is 0.0484. The average Bonchev–Trinajstić information content (AvgIpc) is 3.14. The Morgan fingerprint density at radius 1 is 1.38 bits per heavy atom. The number of hydrogen-bond acceptors (Lipinski definition) is 5. The number of nitrogens with zero attached hydrogens (tertiary/aromatic N) is 1. The fourth-order valence-corrected chi connectivity index (χ4v) is 2.41. The molecule has 0 aliphatic heterocycles. The summed E-state index contributed by atoms with van der Waals surface area (Å²) in [5.41, 5.74) is 0.0484. The number of aromatic carboxylic acids is 1. The highest BCUT2D eigenvalue weighted by atomic mass is 32.1. The van der Waals surface area contributed by atoms with E-state index >= 15 is 0 Å². The van der Waals surface area contributed by atoms with Crippen molar-refractivity contribution in [1.29, 1.82) is 0 Å². The van der Waals surface area contributed by atoms with Crippen molar-refractivity contribution in [2.75, 3.05) is 26.3 Å². The van der Waals surface area contributed by atoms with Crippen LogP contribution in [0, 0.1) is 5.92 Å². The lowest BCUT2D eigenvalue weighted by molar-refractivity contribution is 0.0691. The van der Waals surface area contributed by atoms with E-state index in [1.54, 1.807) is 0 Å². The molecule has 1 heterocycles. The molecule has 116 valence electrons. The van der Waals surface area contributed by atoms with Crippen molar-refractivity contribution in [3.63, 3.8) is 0 Å². The molecule has 2 rings (SSSR count). The summed E-state index contributed by atoms with van der Waals surface area (Å²) in [5.74, 6) is -0.304. The first kappa shape index (κ1) is 15.7. The fourth-order valence-electron chi connectivity index (χ4n) is 1.64. The molecule has 3 N–H and O–H groups in total. The van der Waals surface area contributed by atoms with E-state index in [0.717, 1.165) is 12.5 Å². The summed E-state index contributed by atoms with van der Waals surface area (Å²) in [6.45, 7) is 2.22. The first-order valence-electron chi connectivity index (χ1n) is 6.92. The molecule has 1 aromatic rings. The minimum Gasteiger partial charge on any atom is -0.476 e. The molecule has 1 aliphatic rings. The molecular weight excluding hydrogens is 294 g/mol. The second-order valence-electron chi connectivity index (χ2n) is 4.88. The van der Waals surface area contributed by atoms with Gasteiger partial charge in [0.15, 0.2) is 5.69 Å². The van der Waals surface area contributed by atoms with Gasteiger partial charge >= 0.3 is 12.0 Å². The van der Waals surface area contributed by atoms with E-state index in [9.17, 15) is 9.59 Å². The first-order valence-corrected chi connectivity index (χ1v) is 7.80. The minimum atomic E-state index is -1.03. The Balaban J connectivity index is 1.50. The molecule has 2 amide bonds. The van der Waals surface area contributed by atoms with Gasteiger partial charge in [-0.05, 0) is 18.8 Å². The van der Waals surface area contributed by atoms with Crippen LogP contribution in [-0.4, -0.2) is 48.4 Å². The number of carboxylic acid groups (broad SMARTS) is 1. The number of urea groups is 1. The van der Waals surface area contributed by atoms with Gasteiger partial charge in [0.05, 0.1) is 11.6 Å². The Kier molecular flexibility index (Phi) is 5.94. The molecular formula is C13H19N3O4S. The number of thiazole rings is 1. The molecule has 0 saturated heterocycles. The molecule has 8 heteroatoms. The van der Waals surface area contributed by atoms with Gasteiger partial charge in [-0.2, -0.15) is 0 Å². The molecule has 0 bridgehead atoms. The van der Waals surface area contributed by atoms with Gasteiger partial charge in [-0.3, -0.25) is 0 Å². The summed E-state index contributed by atoms with van der Waals surface area (Å²) in [6, 6.07) is -0.250. The van der Waals surface area contributed by atoms with Crippen molar-refractivity contribution in [2.24, 2.45) is 5.92 Å². The van der Waals surface area contributed by atoms with Crippen molar-refractivity contribution in [1.82, 2.24) is 15.6 Å². The van der Waals surface area contributed by atoms with Crippen molar-refractivity contribution >= 4 is 23.3 Å². The third-order valence-corrected chi connectivity index (χ3v) is 3.89. The van der Waals surface area contributed by atoms with Gasteiger partial charge in [0, 0.05) is 31.5 Å². The third-order valence-electron chi connectivity index (χ3n) is 2.98. The molecule has 1 fully saturated rings. The summed E-state index contributed by atoms with van der Waals surface area (Å²) in [4.78, 5) is 26.1. The van der Waals surface area contributed by atoms with Gasteiger partial charge in [0.2, 0.25) is 0 Å². The molecule has 0 aromatic carbocycles. The maximum atomic E-state index is 11.5. The summed E-state index contributed by atoms with van der Waals surface area (Å²) in [6.07, 6.45) is 3.03. The molecule has 0 atom stereocenters. The highest BCUT2D eigenvalue weighted by Crippen LogP contribution is 2.28. The van der Waals surface area contributed by atoms with Crippen molar-refractivity contribution < 1.29 is 19.4 Å². The number of nitrogens with one attached hydrogen (secondary N) is 2. The average molecular weight is 313 g/mol. The maximum Gasteiger partial charge on any atom is 0.355 e. The van der Waals surface area contributed by atoms with Crippen LogP contribution >= 0.6 is 11.3 Å². The lowest BCUT2D eigenvalue weighted by Crippen LogP contribution is -2.38. The predicted octanol–water partition coefficient (Wildman–Crippen LogP) is 1.11. The number of carbonyl (C=O) groups excluding carboxylic acids is 1. The molecule has 0 radical (unpaired) electrons. The molecule has 0 spiro atoms. The molecule has 1 aromatic heterocycles. The van der Waals surface area contributed by atoms with Crippen LogP contribution in [0.25, 0.3) is 0 Å². The quantitative estimate of drug-likeness (QED) is 0.593. The van der Waals surface area contributed by atoms with Crippen LogP contribution in [0.1, 0.15) is 28.3 Å². The summed E-state index contributed by atoms with van der Waals surface area (Å²) < 4.78 is 5.40. The number of rotatable bonds is 9. The zero-order valence-corrected chi connectivity index (χ0v) is 12.4. The van der Waals surface area contributed by atoms with Gasteiger partial charge in [-0.25, -0.2) is 14.6 Å². The zero-order chi connectivity index (χ0) is 15.1. The van der Waals surface area contributed by atoms with Crippen molar-refractivity contribution in [3.05, 3.63) is 16.1 Å². The topological polar surface area (TPSA) is 101 Å². The standard InChI is InChI=1S/C13H19N3O4S/c17-12(18)10-8-21-11(16-10)3-4-14-13(19)15-5-6-20-7-9-1-2-9/h8-9H,1-7H2,(H,17,18)(H2,14,15,19). The maximum absolute atomic E-state index is 11.5. The Morgan fingerprint density at radius 2 is 2.14 bits per heavy atom. The van der Waals surface area contributed by atoms with Crippen LogP contribution in [0.5, 0.6) is 0 Å². The third kappa shape index (κ3) is 6.09. The summed E-state index contributed by atoms with van der Waals surface area (Å²) in [7, 11) is 0. The normalized spacial score (nSPS) is 13.9. The van der Waals surface area contributed by atoms with E-state index in [0.29, 0.717) is 31.1 Å². The zero-order valence-electron chi connectivity index (χ0n) is 11.6. The number of amides is 2. The number of hydrogen-bond donors (Lipinski definition) is 3. The lowest BCUT2D eigenvalue weighted by Gasteiger charge is -2.07. The second kappa shape index (κ2) is 7.94. The smallest absolute Gasteiger partial charge is 0.355 e. The van der Waals surface area contributed by atoms with Crippen LogP contribution in [0.3, 0.4) is 0 Å². The molecule has 7 nitrogen and oxygen atoms in total. The predicted molar refractivity (Wildman–Crippen MR) is 77.7 cm³/mol. The largest absolute Gasteiger partial charge is 0.476 e. The second-order valence-corrected chi connectivity index (χ2v) is 5.83. The van der Waals surface area contributed by atoms with Crippen LogP contribution in [0.4, 0.5) is 4.79 Å². The number of carbonyl (C=O) groups is 2. The Hall–Kier alpha value is -1.67. The van der Waals surface area contributed by atoms with Crippen LogP contribution in [0.15, 0.2) is 5.38 Å². The number of carboxylic acids is 1. The number of aromatic nitrogens is 1. The Labute approximate surface area is 126 Å². The van der Waals surface area contributed by atoms with E-state index in [2.05, 4.69) is 15.6 Å². The summed E-state index contributed by atoms with van der Waals surface area (Å²) in [5, 5.41) is 16.3. The van der Waals surface area contributed by atoms with Gasteiger partial charge in [0.1, 0.15) is 0 Å². The highest BCUT2D eigenvalue weighted by molar-refractivity contribution is 7.09. The Bertz CT molecular complexity index is 488. The van der Waals surface area contributed by atoms with Crippen LogP contribution < -0.4 is 10.6 Å². The SMILES string of the molecule is O=C(NCCOCC1CC1)NCCc1nc(C(=O)O)cs1. The van der Waals surface area contributed by atoms with Crippen LogP contribution in [0.2, 0.25) is 0 Å². The summed E-state index contributed by atoms with van der Waals surface area (Å²) >= 11 is 1.28. The van der Waals surface area contributed by atoms with Crippen molar-refractivity contribution in [2.45, 2.75) is 19.3 Å². The highest BCUT2D eigenvalue weighted by Gasteiger charge is 2.20. The van der Waals surface area contributed by atoms with Gasteiger partial charge in [0.25, 0.3) is 0 Å². The molecule has 1 aliphatic carbocycles. The molecule has 1 saturated carbocycles.